The standard InChI is InChI=1S/C24H28F3N7O2S/c1-33(37(2,35)36)20-5-3-4-17(14-20)15-29-22-21(24(25,26)27)16-30-23(32-22)31-18-6-8-19(9-7-18)34-12-10-28-11-13-34/h3-9,14,16,28H,10-13,15H2,1-2H3,(H2,29,30,31,32). The molecule has 9 nitrogen and oxygen atoms in total. The Morgan fingerprint density at radius 3 is 2.46 bits per heavy atom. The number of rotatable bonds is 8. The zero-order valence-electron chi connectivity index (χ0n) is 20.4. The van der Waals surface area contributed by atoms with Crippen LogP contribution in [0.25, 0.3) is 0 Å². The Labute approximate surface area is 213 Å². The predicted molar refractivity (Wildman–Crippen MR) is 139 cm³/mol. The topological polar surface area (TPSA) is 102 Å². The second kappa shape index (κ2) is 10.8. The Hall–Kier alpha value is -3.58. The lowest BCUT2D eigenvalue weighted by atomic mass is 10.2. The van der Waals surface area contributed by atoms with E-state index in [2.05, 4.69) is 30.8 Å². The third-order valence-electron chi connectivity index (χ3n) is 5.93. The van der Waals surface area contributed by atoms with E-state index >= 15 is 0 Å². The summed E-state index contributed by atoms with van der Waals surface area (Å²) in [6, 6.07) is 14.0. The molecule has 1 saturated heterocycles. The average molecular weight is 536 g/mol. The van der Waals surface area contributed by atoms with Gasteiger partial charge in [-0.15, -0.1) is 0 Å². The molecule has 2 aromatic carbocycles. The van der Waals surface area contributed by atoms with E-state index in [1.165, 1.54) is 7.05 Å². The van der Waals surface area contributed by atoms with Gasteiger partial charge in [0, 0.05) is 57.3 Å². The monoisotopic (exact) mass is 535 g/mol. The van der Waals surface area contributed by atoms with Crippen LogP contribution >= 0.6 is 0 Å². The van der Waals surface area contributed by atoms with Crippen molar-refractivity contribution in [3.8, 4) is 0 Å². The lowest BCUT2D eigenvalue weighted by Crippen LogP contribution is -2.43. The van der Waals surface area contributed by atoms with E-state index < -0.39 is 21.8 Å². The van der Waals surface area contributed by atoms with Gasteiger partial charge < -0.3 is 20.9 Å². The van der Waals surface area contributed by atoms with E-state index in [1.54, 1.807) is 24.3 Å². The number of hydrogen-bond acceptors (Lipinski definition) is 8. The first-order valence-electron chi connectivity index (χ1n) is 11.5. The summed E-state index contributed by atoms with van der Waals surface area (Å²) in [5.41, 5.74) is 1.68. The first kappa shape index (κ1) is 26.5. The van der Waals surface area contributed by atoms with E-state index in [-0.39, 0.29) is 18.3 Å². The molecule has 2 heterocycles. The normalized spacial score (nSPS) is 14.4. The van der Waals surface area contributed by atoms with Gasteiger partial charge in [-0.05, 0) is 42.0 Å². The molecule has 0 unspecified atom stereocenters. The fourth-order valence-electron chi connectivity index (χ4n) is 3.83. The molecule has 1 aliphatic heterocycles. The van der Waals surface area contributed by atoms with Crippen LogP contribution in [0.5, 0.6) is 0 Å². The van der Waals surface area contributed by atoms with Crippen LogP contribution in [0.2, 0.25) is 0 Å². The summed E-state index contributed by atoms with van der Waals surface area (Å²) in [5.74, 6) is -0.375. The fraction of sp³-hybridized carbons (Fsp3) is 0.333. The van der Waals surface area contributed by atoms with Gasteiger partial charge in [0.05, 0.1) is 11.9 Å². The molecule has 3 aromatic rings. The SMILES string of the molecule is CN(c1cccc(CNc2nc(Nc3ccc(N4CCNCC4)cc3)ncc2C(F)(F)F)c1)S(C)(=O)=O. The Kier molecular flexibility index (Phi) is 7.73. The van der Waals surface area contributed by atoms with Gasteiger partial charge in [0.15, 0.2) is 0 Å². The molecule has 0 spiro atoms. The van der Waals surface area contributed by atoms with Gasteiger partial charge in [-0.25, -0.2) is 13.4 Å². The Bertz CT molecular complexity index is 1330. The van der Waals surface area contributed by atoms with Gasteiger partial charge in [0.25, 0.3) is 0 Å². The highest BCUT2D eigenvalue weighted by Gasteiger charge is 2.35. The Morgan fingerprint density at radius 2 is 1.81 bits per heavy atom. The molecule has 3 N–H and O–H groups in total. The van der Waals surface area contributed by atoms with Crippen molar-refractivity contribution in [3.63, 3.8) is 0 Å². The number of piperazine rings is 1. The molecule has 0 saturated carbocycles. The molecular formula is C24H28F3N7O2S. The van der Waals surface area contributed by atoms with Crippen LogP contribution in [-0.2, 0) is 22.7 Å². The van der Waals surface area contributed by atoms with Crippen LogP contribution in [0.1, 0.15) is 11.1 Å². The number of anilines is 5. The first-order valence-corrected chi connectivity index (χ1v) is 13.4. The van der Waals surface area contributed by atoms with Crippen LogP contribution in [0.15, 0.2) is 54.7 Å². The third-order valence-corrected chi connectivity index (χ3v) is 7.14. The van der Waals surface area contributed by atoms with E-state index in [0.29, 0.717) is 16.9 Å². The third kappa shape index (κ3) is 6.80. The lowest BCUT2D eigenvalue weighted by Gasteiger charge is -2.29. The predicted octanol–water partition coefficient (Wildman–Crippen LogP) is 3.66. The number of benzene rings is 2. The number of halogens is 3. The molecule has 0 aliphatic carbocycles. The summed E-state index contributed by atoms with van der Waals surface area (Å²) >= 11 is 0. The quantitative estimate of drug-likeness (QED) is 0.402. The van der Waals surface area contributed by atoms with Crippen molar-refractivity contribution in [2.75, 3.05) is 59.3 Å². The van der Waals surface area contributed by atoms with Gasteiger partial charge >= 0.3 is 6.18 Å². The molecule has 13 heteroatoms. The maximum Gasteiger partial charge on any atom is 0.421 e. The van der Waals surface area contributed by atoms with Gasteiger partial charge in [0.2, 0.25) is 16.0 Å². The molecule has 1 fully saturated rings. The molecule has 37 heavy (non-hydrogen) atoms. The maximum atomic E-state index is 13.6. The summed E-state index contributed by atoms with van der Waals surface area (Å²) < 4.78 is 65.6. The van der Waals surface area contributed by atoms with Crippen molar-refractivity contribution in [1.29, 1.82) is 0 Å². The number of alkyl halides is 3. The van der Waals surface area contributed by atoms with Crippen LogP contribution < -0.4 is 25.2 Å². The highest BCUT2D eigenvalue weighted by molar-refractivity contribution is 7.92. The van der Waals surface area contributed by atoms with Crippen LogP contribution in [0, 0.1) is 0 Å². The molecule has 0 amide bonds. The summed E-state index contributed by atoms with van der Waals surface area (Å²) in [6.07, 6.45) is -2.85. The number of hydrogen-bond donors (Lipinski definition) is 3. The summed E-state index contributed by atoms with van der Waals surface area (Å²) in [4.78, 5) is 10.2. The van der Waals surface area contributed by atoms with Crippen molar-refractivity contribution >= 4 is 38.9 Å². The number of aromatic nitrogens is 2. The minimum Gasteiger partial charge on any atom is -0.369 e. The van der Waals surface area contributed by atoms with Crippen LogP contribution in [0.3, 0.4) is 0 Å². The second-order valence-electron chi connectivity index (χ2n) is 8.62. The van der Waals surface area contributed by atoms with Gasteiger partial charge in [-0.3, -0.25) is 4.31 Å². The molecule has 0 radical (unpaired) electrons. The van der Waals surface area contributed by atoms with Crippen LogP contribution in [-0.4, -0.2) is 57.9 Å². The molecule has 4 rings (SSSR count). The number of nitrogens with zero attached hydrogens (tertiary/aromatic N) is 4. The van der Waals surface area contributed by atoms with Crippen molar-refractivity contribution in [1.82, 2.24) is 15.3 Å². The number of sulfonamides is 1. The van der Waals surface area contributed by atoms with Gasteiger partial charge in [-0.2, -0.15) is 18.2 Å². The Balaban J connectivity index is 1.51. The summed E-state index contributed by atoms with van der Waals surface area (Å²) in [7, 11) is -2.08. The zero-order chi connectivity index (χ0) is 26.6. The molecule has 0 atom stereocenters. The van der Waals surface area contributed by atoms with E-state index in [4.69, 9.17) is 0 Å². The van der Waals surface area contributed by atoms with Crippen molar-refractivity contribution < 1.29 is 21.6 Å². The van der Waals surface area contributed by atoms with E-state index in [9.17, 15) is 21.6 Å². The average Bonchev–Trinajstić information content (AvgIpc) is 2.87. The zero-order valence-corrected chi connectivity index (χ0v) is 21.2. The van der Waals surface area contributed by atoms with Gasteiger partial charge in [0.1, 0.15) is 11.4 Å². The fourth-order valence-corrected chi connectivity index (χ4v) is 4.33. The highest BCUT2D eigenvalue weighted by atomic mass is 32.2. The molecule has 1 aromatic heterocycles. The van der Waals surface area contributed by atoms with Crippen molar-refractivity contribution in [2.24, 2.45) is 0 Å². The smallest absolute Gasteiger partial charge is 0.369 e. The summed E-state index contributed by atoms with van der Waals surface area (Å²) in [5, 5.41) is 8.99. The first-order chi connectivity index (χ1) is 17.5. The summed E-state index contributed by atoms with van der Waals surface area (Å²) in [6.45, 7) is 3.61. The van der Waals surface area contributed by atoms with Crippen LogP contribution in [0.4, 0.5) is 42.0 Å². The second-order valence-corrected chi connectivity index (χ2v) is 10.6. The minimum atomic E-state index is -4.66. The van der Waals surface area contributed by atoms with Gasteiger partial charge in [-0.1, -0.05) is 12.1 Å². The maximum absolute atomic E-state index is 13.6. The van der Waals surface area contributed by atoms with E-state index in [1.807, 2.05) is 24.3 Å². The Morgan fingerprint density at radius 1 is 1.11 bits per heavy atom. The number of nitrogens with one attached hydrogen (secondary N) is 3. The van der Waals surface area contributed by atoms with E-state index in [0.717, 1.165) is 48.6 Å². The minimum absolute atomic E-state index is 0.00956. The largest absolute Gasteiger partial charge is 0.421 e. The molecule has 198 valence electrons. The van der Waals surface area contributed by atoms with Crippen molar-refractivity contribution in [3.05, 3.63) is 65.9 Å². The lowest BCUT2D eigenvalue weighted by molar-refractivity contribution is -0.137. The highest BCUT2D eigenvalue weighted by Crippen LogP contribution is 2.34. The molecular weight excluding hydrogens is 507 g/mol. The molecule has 0 bridgehead atoms. The van der Waals surface area contributed by atoms with Crippen molar-refractivity contribution in [2.45, 2.75) is 12.7 Å². The molecule has 1 aliphatic rings.